The van der Waals surface area contributed by atoms with Gasteiger partial charge in [-0.05, 0) is 34.6 Å². The first-order valence-electron chi connectivity index (χ1n) is 9.96. The summed E-state index contributed by atoms with van der Waals surface area (Å²) in [5.41, 5.74) is 4.86. The Balaban J connectivity index is 1.48. The highest BCUT2D eigenvalue weighted by atomic mass is 16.1. The van der Waals surface area contributed by atoms with Gasteiger partial charge in [0.1, 0.15) is 11.5 Å². The number of fused-ring (bicyclic) bond motifs is 1. The van der Waals surface area contributed by atoms with Crippen LogP contribution in [-0.4, -0.2) is 22.4 Å². The molecule has 0 bridgehead atoms. The summed E-state index contributed by atoms with van der Waals surface area (Å²) in [4.78, 5) is 23.8. The predicted octanol–water partition coefficient (Wildman–Crippen LogP) is 4.59. The van der Waals surface area contributed by atoms with Gasteiger partial charge in [0.15, 0.2) is 0 Å². The normalized spacial score (nSPS) is 13.7. The van der Waals surface area contributed by atoms with E-state index >= 15 is 0 Å². The van der Waals surface area contributed by atoms with Crippen LogP contribution in [0.2, 0.25) is 0 Å². The average molecular weight is 386 g/mol. The van der Waals surface area contributed by atoms with Crippen molar-refractivity contribution in [2.75, 3.05) is 16.8 Å². The van der Waals surface area contributed by atoms with Gasteiger partial charge in [0.2, 0.25) is 0 Å². The Morgan fingerprint density at radius 3 is 2.41 bits per heavy atom. The van der Waals surface area contributed by atoms with Crippen LogP contribution in [0.15, 0.2) is 60.9 Å². The fourth-order valence-corrected chi connectivity index (χ4v) is 3.73. The molecule has 29 heavy (non-hydrogen) atoms. The van der Waals surface area contributed by atoms with Gasteiger partial charge in [0.05, 0.1) is 12.4 Å². The highest BCUT2D eigenvalue weighted by Gasteiger charge is 2.20. The molecule has 148 valence electrons. The van der Waals surface area contributed by atoms with E-state index in [-0.39, 0.29) is 11.3 Å². The van der Waals surface area contributed by atoms with Crippen molar-refractivity contribution >= 4 is 17.4 Å². The summed E-state index contributed by atoms with van der Waals surface area (Å²) in [7, 11) is 0. The monoisotopic (exact) mass is 386 g/mol. The predicted molar refractivity (Wildman–Crippen MR) is 116 cm³/mol. The molecule has 1 aliphatic heterocycles. The lowest BCUT2D eigenvalue weighted by molar-refractivity contribution is 0.102. The molecule has 0 spiro atoms. The van der Waals surface area contributed by atoms with E-state index in [1.54, 1.807) is 12.4 Å². The second-order valence-electron chi connectivity index (χ2n) is 8.45. The summed E-state index contributed by atoms with van der Waals surface area (Å²) >= 11 is 0. The molecule has 2 heterocycles. The molecule has 0 aliphatic carbocycles. The first-order valence-corrected chi connectivity index (χ1v) is 9.96. The number of anilines is 2. The third-order valence-corrected chi connectivity index (χ3v) is 5.31. The summed E-state index contributed by atoms with van der Waals surface area (Å²) in [6.45, 7) is 8.10. The van der Waals surface area contributed by atoms with Crippen molar-refractivity contribution in [3.05, 3.63) is 83.3 Å². The van der Waals surface area contributed by atoms with Crippen molar-refractivity contribution in [3.8, 4) is 0 Å². The topological polar surface area (TPSA) is 58.1 Å². The maximum Gasteiger partial charge on any atom is 0.275 e. The molecule has 4 rings (SSSR count). The lowest BCUT2D eigenvalue weighted by Gasteiger charge is -2.29. The zero-order chi connectivity index (χ0) is 20.4. The first kappa shape index (κ1) is 19.1. The van der Waals surface area contributed by atoms with E-state index in [9.17, 15) is 4.79 Å². The van der Waals surface area contributed by atoms with Gasteiger partial charge in [-0.2, -0.15) is 0 Å². The number of nitrogens with one attached hydrogen (secondary N) is 1. The maximum absolute atomic E-state index is 12.7. The summed E-state index contributed by atoms with van der Waals surface area (Å²) in [5.74, 6) is 0.552. The number of para-hydroxylation sites is 1. The lowest BCUT2D eigenvalue weighted by atomic mass is 9.86. The zero-order valence-electron chi connectivity index (χ0n) is 17.1. The van der Waals surface area contributed by atoms with Crippen LogP contribution < -0.4 is 10.2 Å². The molecule has 3 aromatic rings. The largest absolute Gasteiger partial charge is 0.351 e. The Morgan fingerprint density at radius 1 is 0.966 bits per heavy atom. The standard InChI is InChI=1S/C24H26N4O/c1-24(2,3)19-10-6-7-11-20(19)27-23(29)21-14-26-22(15-25-21)28-13-12-17-8-4-5-9-18(17)16-28/h4-11,14-15H,12-13,16H2,1-3H3,(H,27,29). The minimum Gasteiger partial charge on any atom is -0.351 e. The van der Waals surface area contributed by atoms with Crippen molar-refractivity contribution in [2.45, 2.75) is 39.2 Å². The minimum absolute atomic E-state index is 0.0655. The molecular weight excluding hydrogens is 360 g/mol. The van der Waals surface area contributed by atoms with Crippen LogP contribution in [0.1, 0.15) is 48.0 Å². The Morgan fingerprint density at radius 2 is 1.69 bits per heavy atom. The van der Waals surface area contributed by atoms with Crippen LogP contribution in [-0.2, 0) is 18.4 Å². The van der Waals surface area contributed by atoms with Crippen LogP contribution in [0.25, 0.3) is 0 Å². The fraction of sp³-hybridized carbons (Fsp3) is 0.292. The van der Waals surface area contributed by atoms with E-state index < -0.39 is 0 Å². The molecule has 0 radical (unpaired) electrons. The molecule has 0 fully saturated rings. The molecule has 1 amide bonds. The van der Waals surface area contributed by atoms with E-state index in [4.69, 9.17) is 0 Å². The molecule has 1 N–H and O–H groups in total. The molecule has 0 unspecified atom stereocenters. The number of carbonyl (C=O) groups is 1. The van der Waals surface area contributed by atoms with E-state index in [1.807, 2.05) is 24.3 Å². The number of carbonyl (C=O) groups excluding carboxylic acids is 1. The van der Waals surface area contributed by atoms with Crippen molar-refractivity contribution in [1.82, 2.24) is 9.97 Å². The van der Waals surface area contributed by atoms with E-state index in [2.05, 4.69) is 65.2 Å². The maximum atomic E-state index is 12.7. The Kier molecular flexibility index (Phi) is 5.05. The Labute approximate surface area is 171 Å². The van der Waals surface area contributed by atoms with Gasteiger partial charge in [-0.15, -0.1) is 0 Å². The van der Waals surface area contributed by atoms with E-state index in [0.29, 0.717) is 5.69 Å². The van der Waals surface area contributed by atoms with E-state index in [1.165, 1.54) is 11.1 Å². The molecular formula is C24H26N4O. The Hall–Kier alpha value is -3.21. The Bertz CT molecular complexity index is 1020. The SMILES string of the molecule is CC(C)(C)c1ccccc1NC(=O)c1cnc(N2CCc3ccccc3C2)cn1. The molecule has 1 aliphatic rings. The lowest BCUT2D eigenvalue weighted by Crippen LogP contribution is -2.31. The number of hydrogen-bond acceptors (Lipinski definition) is 4. The molecule has 1 aromatic heterocycles. The fourth-order valence-electron chi connectivity index (χ4n) is 3.73. The number of amides is 1. The van der Waals surface area contributed by atoms with Crippen LogP contribution in [0.4, 0.5) is 11.5 Å². The summed E-state index contributed by atoms with van der Waals surface area (Å²) in [6.07, 6.45) is 4.24. The third kappa shape index (κ3) is 4.14. The second-order valence-corrected chi connectivity index (χ2v) is 8.45. The van der Waals surface area contributed by atoms with Gasteiger partial charge in [-0.1, -0.05) is 63.2 Å². The van der Waals surface area contributed by atoms with Gasteiger partial charge < -0.3 is 10.2 Å². The van der Waals surface area contributed by atoms with Crippen molar-refractivity contribution in [2.24, 2.45) is 0 Å². The molecule has 0 atom stereocenters. The first-order chi connectivity index (χ1) is 13.9. The van der Waals surface area contributed by atoms with Gasteiger partial charge in [-0.25, -0.2) is 9.97 Å². The van der Waals surface area contributed by atoms with Crippen LogP contribution in [0.5, 0.6) is 0 Å². The molecule has 2 aromatic carbocycles. The quantitative estimate of drug-likeness (QED) is 0.715. The van der Waals surface area contributed by atoms with Gasteiger partial charge in [0, 0.05) is 18.8 Å². The smallest absolute Gasteiger partial charge is 0.275 e. The summed E-state index contributed by atoms with van der Waals surface area (Å²) in [6, 6.07) is 16.4. The minimum atomic E-state index is -0.246. The molecule has 5 heteroatoms. The highest BCUT2D eigenvalue weighted by Crippen LogP contribution is 2.29. The molecule has 0 saturated carbocycles. The number of hydrogen-bond donors (Lipinski definition) is 1. The number of aromatic nitrogens is 2. The third-order valence-electron chi connectivity index (χ3n) is 5.31. The summed E-state index contributed by atoms with van der Waals surface area (Å²) in [5, 5.41) is 2.99. The van der Waals surface area contributed by atoms with Crippen LogP contribution >= 0.6 is 0 Å². The number of benzene rings is 2. The second kappa shape index (κ2) is 7.66. The van der Waals surface area contributed by atoms with Gasteiger partial charge in [-0.3, -0.25) is 4.79 Å². The van der Waals surface area contributed by atoms with Crippen molar-refractivity contribution < 1.29 is 4.79 Å². The highest BCUT2D eigenvalue weighted by molar-refractivity contribution is 6.03. The number of nitrogens with zero attached hydrogens (tertiary/aromatic N) is 3. The van der Waals surface area contributed by atoms with Gasteiger partial charge >= 0.3 is 0 Å². The van der Waals surface area contributed by atoms with Crippen molar-refractivity contribution in [3.63, 3.8) is 0 Å². The van der Waals surface area contributed by atoms with Crippen molar-refractivity contribution in [1.29, 1.82) is 0 Å². The zero-order valence-corrected chi connectivity index (χ0v) is 17.1. The van der Waals surface area contributed by atoms with E-state index in [0.717, 1.165) is 36.6 Å². The van der Waals surface area contributed by atoms with Gasteiger partial charge in [0.25, 0.3) is 5.91 Å². The number of rotatable bonds is 3. The van der Waals surface area contributed by atoms with Crippen LogP contribution in [0.3, 0.4) is 0 Å². The van der Waals surface area contributed by atoms with Crippen LogP contribution in [0, 0.1) is 0 Å². The molecule has 0 saturated heterocycles. The average Bonchev–Trinajstić information content (AvgIpc) is 2.73. The molecule has 5 nitrogen and oxygen atoms in total. The summed E-state index contributed by atoms with van der Waals surface area (Å²) < 4.78 is 0.